The Kier molecular flexibility index (Phi) is 9.00. The lowest BCUT2D eigenvalue weighted by Gasteiger charge is -2.25. The fraction of sp³-hybridized carbons (Fsp3) is 0.286. The van der Waals surface area contributed by atoms with Crippen LogP contribution >= 0.6 is 0 Å². The molecule has 0 spiro atoms. The summed E-state index contributed by atoms with van der Waals surface area (Å²) in [5.74, 6) is -0.393. The topological polar surface area (TPSA) is 111 Å². The third-order valence-electron chi connectivity index (χ3n) is 5.74. The van der Waals surface area contributed by atoms with Gasteiger partial charge in [0.25, 0.3) is 10.0 Å². The van der Waals surface area contributed by atoms with Crippen molar-refractivity contribution < 1.29 is 32.2 Å². The number of methoxy groups -OCH3 is 2. The third kappa shape index (κ3) is 6.44. The molecule has 0 aromatic heterocycles. The lowest BCUT2D eigenvalue weighted by Crippen LogP contribution is -2.38. The van der Waals surface area contributed by atoms with Gasteiger partial charge in [-0.3, -0.25) is 9.10 Å². The van der Waals surface area contributed by atoms with Crippen LogP contribution in [0.1, 0.15) is 34.0 Å². The van der Waals surface area contributed by atoms with Gasteiger partial charge in [-0.2, -0.15) is 0 Å². The standard InChI is InChI=1S/C28H32N2O7S/c1-7-37-28(32)21-8-10-24(20(4)15-21)29-27(31)17-30(22-13-18(2)12-19(3)14-22)38(33,34)23-9-11-25(35-5)26(16-23)36-6/h8-16H,7,17H2,1-6H3,(H,29,31). The first-order valence-corrected chi connectivity index (χ1v) is 13.3. The lowest BCUT2D eigenvalue weighted by atomic mass is 10.1. The summed E-state index contributed by atoms with van der Waals surface area (Å²) in [6.45, 7) is 6.92. The first-order chi connectivity index (χ1) is 18.0. The molecule has 0 saturated carbocycles. The number of rotatable bonds is 10. The number of aryl methyl sites for hydroxylation is 3. The van der Waals surface area contributed by atoms with Crippen molar-refractivity contribution in [3.8, 4) is 11.5 Å². The van der Waals surface area contributed by atoms with Gasteiger partial charge in [0.2, 0.25) is 5.91 Å². The fourth-order valence-electron chi connectivity index (χ4n) is 3.98. The summed E-state index contributed by atoms with van der Waals surface area (Å²) in [7, 11) is -1.32. The largest absolute Gasteiger partial charge is 0.493 e. The predicted molar refractivity (Wildman–Crippen MR) is 146 cm³/mol. The molecule has 0 fully saturated rings. The molecule has 0 aliphatic rings. The molecule has 0 bridgehead atoms. The molecule has 0 saturated heterocycles. The number of nitrogens with one attached hydrogen (secondary N) is 1. The molecule has 10 heteroatoms. The van der Waals surface area contributed by atoms with Crippen molar-refractivity contribution in [1.82, 2.24) is 0 Å². The van der Waals surface area contributed by atoms with E-state index in [4.69, 9.17) is 14.2 Å². The van der Waals surface area contributed by atoms with E-state index < -0.39 is 28.4 Å². The number of carbonyl (C=O) groups is 2. The van der Waals surface area contributed by atoms with Crippen LogP contribution in [0, 0.1) is 20.8 Å². The van der Waals surface area contributed by atoms with Crippen LogP contribution in [0.4, 0.5) is 11.4 Å². The highest BCUT2D eigenvalue weighted by Gasteiger charge is 2.29. The Morgan fingerprint density at radius 2 is 1.53 bits per heavy atom. The van der Waals surface area contributed by atoms with Gasteiger partial charge in [0, 0.05) is 11.8 Å². The van der Waals surface area contributed by atoms with Crippen LogP contribution in [-0.4, -0.2) is 47.7 Å². The average Bonchev–Trinajstić information content (AvgIpc) is 2.87. The number of ether oxygens (including phenoxy) is 3. The van der Waals surface area contributed by atoms with Crippen molar-refractivity contribution in [2.75, 3.05) is 37.0 Å². The van der Waals surface area contributed by atoms with E-state index in [-0.39, 0.29) is 17.3 Å². The first-order valence-electron chi connectivity index (χ1n) is 11.9. The van der Waals surface area contributed by atoms with E-state index in [1.807, 2.05) is 19.9 Å². The monoisotopic (exact) mass is 540 g/mol. The number of carbonyl (C=O) groups excluding carboxylic acids is 2. The number of benzene rings is 3. The quantitative estimate of drug-likeness (QED) is 0.373. The molecule has 38 heavy (non-hydrogen) atoms. The summed E-state index contributed by atoms with van der Waals surface area (Å²) in [4.78, 5) is 25.1. The van der Waals surface area contributed by atoms with Crippen molar-refractivity contribution in [3.05, 3.63) is 76.9 Å². The molecular weight excluding hydrogens is 508 g/mol. The summed E-state index contributed by atoms with van der Waals surface area (Å²) < 4.78 is 44.3. The molecule has 0 radical (unpaired) electrons. The van der Waals surface area contributed by atoms with Gasteiger partial charge in [-0.1, -0.05) is 6.07 Å². The minimum Gasteiger partial charge on any atom is -0.493 e. The van der Waals surface area contributed by atoms with Crippen molar-refractivity contribution in [2.45, 2.75) is 32.6 Å². The van der Waals surface area contributed by atoms with E-state index in [2.05, 4.69) is 5.32 Å². The number of anilines is 2. The summed E-state index contributed by atoms with van der Waals surface area (Å²) >= 11 is 0. The van der Waals surface area contributed by atoms with Gasteiger partial charge in [-0.05, 0) is 86.8 Å². The Labute approximate surface area is 223 Å². The second-order valence-electron chi connectivity index (χ2n) is 8.67. The van der Waals surface area contributed by atoms with Gasteiger partial charge in [0.1, 0.15) is 6.54 Å². The zero-order valence-corrected chi connectivity index (χ0v) is 23.1. The second kappa shape index (κ2) is 12.0. The highest BCUT2D eigenvalue weighted by atomic mass is 32.2. The Morgan fingerprint density at radius 3 is 2.11 bits per heavy atom. The van der Waals surface area contributed by atoms with Gasteiger partial charge in [0.05, 0.1) is 37.0 Å². The molecule has 0 unspecified atom stereocenters. The van der Waals surface area contributed by atoms with E-state index in [0.29, 0.717) is 28.3 Å². The zero-order chi connectivity index (χ0) is 28.0. The molecule has 202 valence electrons. The number of hydrogen-bond acceptors (Lipinski definition) is 7. The SMILES string of the molecule is CCOC(=O)c1ccc(NC(=O)CN(c2cc(C)cc(C)c2)S(=O)(=O)c2ccc(OC)c(OC)c2)c(C)c1. The molecule has 3 aromatic rings. The first kappa shape index (κ1) is 28.5. The molecule has 0 heterocycles. The lowest BCUT2D eigenvalue weighted by molar-refractivity contribution is -0.114. The molecule has 0 aliphatic heterocycles. The van der Waals surface area contributed by atoms with E-state index >= 15 is 0 Å². The van der Waals surface area contributed by atoms with Crippen molar-refractivity contribution in [3.63, 3.8) is 0 Å². The summed E-state index contributed by atoms with van der Waals surface area (Å²) in [6, 6.07) is 14.3. The zero-order valence-electron chi connectivity index (χ0n) is 22.3. The highest BCUT2D eigenvalue weighted by molar-refractivity contribution is 7.92. The van der Waals surface area contributed by atoms with Gasteiger partial charge in [-0.15, -0.1) is 0 Å². The average molecular weight is 541 g/mol. The molecule has 1 amide bonds. The second-order valence-corrected chi connectivity index (χ2v) is 10.5. The predicted octanol–water partition coefficient (Wildman–Crippen LogP) is 4.64. The maximum absolute atomic E-state index is 13.9. The Balaban J connectivity index is 1.98. The Bertz CT molecular complexity index is 1430. The van der Waals surface area contributed by atoms with Gasteiger partial charge < -0.3 is 19.5 Å². The summed E-state index contributed by atoms with van der Waals surface area (Å²) in [5.41, 5.74) is 3.48. The Morgan fingerprint density at radius 1 is 0.868 bits per heavy atom. The summed E-state index contributed by atoms with van der Waals surface area (Å²) in [6.07, 6.45) is 0. The number of hydrogen-bond donors (Lipinski definition) is 1. The minimum absolute atomic E-state index is 0.0583. The molecule has 3 aromatic carbocycles. The van der Waals surface area contributed by atoms with Gasteiger partial charge in [0.15, 0.2) is 11.5 Å². The number of sulfonamides is 1. The molecule has 0 atom stereocenters. The number of nitrogens with zero attached hydrogens (tertiary/aromatic N) is 1. The summed E-state index contributed by atoms with van der Waals surface area (Å²) in [5, 5.41) is 2.76. The van der Waals surface area contributed by atoms with Gasteiger partial charge in [-0.25, -0.2) is 13.2 Å². The van der Waals surface area contributed by atoms with Crippen molar-refractivity contribution in [2.24, 2.45) is 0 Å². The van der Waals surface area contributed by atoms with E-state index in [9.17, 15) is 18.0 Å². The third-order valence-corrected chi connectivity index (χ3v) is 7.51. The van der Waals surface area contributed by atoms with Crippen LogP contribution in [0.15, 0.2) is 59.5 Å². The van der Waals surface area contributed by atoms with Crippen LogP contribution < -0.4 is 19.1 Å². The highest BCUT2D eigenvalue weighted by Crippen LogP contribution is 2.33. The fourth-order valence-corrected chi connectivity index (χ4v) is 5.40. The maximum atomic E-state index is 13.9. The molecule has 0 aliphatic carbocycles. The van der Waals surface area contributed by atoms with Crippen LogP contribution in [-0.2, 0) is 19.6 Å². The minimum atomic E-state index is -4.19. The van der Waals surface area contributed by atoms with Gasteiger partial charge >= 0.3 is 5.97 Å². The van der Waals surface area contributed by atoms with Crippen LogP contribution in [0.5, 0.6) is 11.5 Å². The number of esters is 1. The van der Waals surface area contributed by atoms with E-state index in [1.165, 1.54) is 32.4 Å². The van der Waals surface area contributed by atoms with Crippen LogP contribution in [0.2, 0.25) is 0 Å². The Hall–Kier alpha value is -4.05. The van der Waals surface area contributed by atoms with Crippen molar-refractivity contribution in [1.29, 1.82) is 0 Å². The number of amides is 1. The smallest absolute Gasteiger partial charge is 0.338 e. The molecule has 1 N–H and O–H groups in total. The van der Waals surface area contributed by atoms with E-state index in [1.54, 1.807) is 44.2 Å². The molecular formula is C28H32N2O7S. The molecule has 9 nitrogen and oxygen atoms in total. The normalized spacial score (nSPS) is 11.0. The van der Waals surface area contributed by atoms with Crippen LogP contribution in [0.3, 0.4) is 0 Å². The van der Waals surface area contributed by atoms with Crippen LogP contribution in [0.25, 0.3) is 0 Å². The van der Waals surface area contributed by atoms with E-state index in [0.717, 1.165) is 15.4 Å². The maximum Gasteiger partial charge on any atom is 0.338 e. The molecule has 3 rings (SSSR count). The van der Waals surface area contributed by atoms with Crippen molar-refractivity contribution >= 4 is 33.3 Å².